The van der Waals surface area contributed by atoms with Gasteiger partial charge in [-0.25, -0.2) is 0 Å². The zero-order valence-corrected chi connectivity index (χ0v) is 11.5. The van der Waals surface area contributed by atoms with Gasteiger partial charge in [0.15, 0.2) is 0 Å². The van der Waals surface area contributed by atoms with E-state index in [9.17, 15) is 20.2 Å². The zero-order chi connectivity index (χ0) is 15.3. The molecule has 8 heteroatoms. The van der Waals surface area contributed by atoms with Gasteiger partial charge in [0.1, 0.15) is 5.69 Å². The number of rotatable bonds is 6. The van der Waals surface area contributed by atoms with E-state index in [4.69, 9.17) is 0 Å². The summed E-state index contributed by atoms with van der Waals surface area (Å²) in [5, 5.41) is 25.7. The molecule has 0 aromatic heterocycles. The molecule has 0 spiro atoms. The number of non-ortho nitro benzene ring substituents is 1. The van der Waals surface area contributed by atoms with Gasteiger partial charge in [-0.05, 0) is 18.4 Å². The van der Waals surface area contributed by atoms with Gasteiger partial charge in [0.2, 0.25) is 0 Å². The Morgan fingerprint density at radius 3 is 2.40 bits per heavy atom. The number of anilines is 1. The predicted octanol–water partition coefficient (Wildman–Crippen LogP) is 3.34. The molecule has 0 atom stereocenters. The van der Waals surface area contributed by atoms with E-state index >= 15 is 0 Å². The van der Waals surface area contributed by atoms with E-state index in [1.54, 1.807) is 0 Å². The van der Waals surface area contributed by atoms with Crippen LogP contribution in [-0.2, 0) is 0 Å². The monoisotopic (exact) mass is 280 g/mol. The van der Waals surface area contributed by atoms with Crippen LogP contribution in [0.15, 0.2) is 23.3 Å². The molecule has 20 heavy (non-hydrogen) atoms. The minimum absolute atomic E-state index is 0.132. The molecule has 1 aromatic rings. The third-order valence-electron chi connectivity index (χ3n) is 2.74. The smallest absolute Gasteiger partial charge is 0.272 e. The Labute approximate surface area is 115 Å². The summed E-state index contributed by atoms with van der Waals surface area (Å²) in [7, 11) is 0. The Hall–Kier alpha value is -2.51. The zero-order valence-electron chi connectivity index (χ0n) is 11.5. The summed E-state index contributed by atoms with van der Waals surface area (Å²) in [4.78, 5) is 20.2. The van der Waals surface area contributed by atoms with Crippen LogP contribution >= 0.6 is 0 Å². The maximum Gasteiger partial charge on any atom is 0.301 e. The van der Waals surface area contributed by atoms with Crippen molar-refractivity contribution in [2.24, 2.45) is 11.0 Å². The lowest BCUT2D eigenvalue weighted by Gasteiger charge is -2.08. The Morgan fingerprint density at radius 2 is 1.95 bits per heavy atom. The number of benzene rings is 1. The number of nitro groups is 2. The largest absolute Gasteiger partial charge is 0.301 e. The number of hydrazone groups is 1. The highest BCUT2D eigenvalue weighted by molar-refractivity contribution is 5.86. The highest BCUT2D eigenvalue weighted by Gasteiger charge is 2.19. The second kappa shape index (κ2) is 6.60. The van der Waals surface area contributed by atoms with Crippen LogP contribution in [0.3, 0.4) is 0 Å². The summed E-state index contributed by atoms with van der Waals surface area (Å²) in [5.41, 5.74) is 2.91. The van der Waals surface area contributed by atoms with Crippen molar-refractivity contribution in [3.05, 3.63) is 38.4 Å². The van der Waals surface area contributed by atoms with Crippen LogP contribution in [0.5, 0.6) is 0 Å². The van der Waals surface area contributed by atoms with Gasteiger partial charge in [0.05, 0.1) is 15.9 Å². The molecular weight excluding hydrogens is 264 g/mol. The van der Waals surface area contributed by atoms with E-state index in [-0.39, 0.29) is 23.0 Å². The summed E-state index contributed by atoms with van der Waals surface area (Å²) >= 11 is 0. The van der Waals surface area contributed by atoms with Gasteiger partial charge in [-0.3, -0.25) is 25.7 Å². The lowest BCUT2D eigenvalue weighted by atomic mass is 10.1. The maximum atomic E-state index is 10.9. The van der Waals surface area contributed by atoms with Gasteiger partial charge in [-0.15, -0.1) is 0 Å². The Bertz CT molecular complexity index is 554. The van der Waals surface area contributed by atoms with E-state index in [0.717, 1.165) is 11.8 Å². The third kappa shape index (κ3) is 3.74. The van der Waals surface area contributed by atoms with E-state index in [1.165, 1.54) is 12.1 Å². The molecule has 1 aromatic carbocycles. The molecule has 0 heterocycles. The number of hydrogen-bond acceptors (Lipinski definition) is 6. The third-order valence-corrected chi connectivity index (χ3v) is 2.74. The summed E-state index contributed by atoms with van der Waals surface area (Å²) in [6, 6.07) is 3.40. The summed E-state index contributed by atoms with van der Waals surface area (Å²) in [6.45, 7) is 5.87. The Morgan fingerprint density at radius 1 is 1.30 bits per heavy atom. The fourth-order valence-corrected chi connectivity index (χ4v) is 1.63. The van der Waals surface area contributed by atoms with Crippen molar-refractivity contribution in [3.63, 3.8) is 0 Å². The van der Waals surface area contributed by atoms with E-state index < -0.39 is 9.85 Å². The predicted molar refractivity (Wildman–Crippen MR) is 75.9 cm³/mol. The molecule has 0 radical (unpaired) electrons. The number of nitro benzene ring substituents is 2. The Balaban J connectivity index is 3.12. The highest BCUT2D eigenvalue weighted by atomic mass is 16.6. The van der Waals surface area contributed by atoms with Crippen molar-refractivity contribution in [1.82, 2.24) is 0 Å². The van der Waals surface area contributed by atoms with E-state index in [0.29, 0.717) is 6.42 Å². The lowest BCUT2D eigenvalue weighted by Crippen LogP contribution is -2.09. The Kier molecular flexibility index (Phi) is 5.13. The molecule has 0 saturated carbocycles. The van der Waals surface area contributed by atoms with Crippen molar-refractivity contribution >= 4 is 22.8 Å². The molecular formula is C12H16N4O4. The second-order valence-corrected chi connectivity index (χ2v) is 4.44. The van der Waals surface area contributed by atoms with Crippen molar-refractivity contribution in [3.8, 4) is 0 Å². The molecule has 0 saturated heterocycles. The SMILES string of the molecule is CC/C(=N\Nc1ccc([N+](=O)[O-])cc1[N+](=O)[O-])C(C)C. The van der Waals surface area contributed by atoms with E-state index in [2.05, 4.69) is 10.5 Å². The van der Waals surface area contributed by atoms with Crippen molar-refractivity contribution in [1.29, 1.82) is 0 Å². The van der Waals surface area contributed by atoms with Gasteiger partial charge in [0, 0.05) is 11.8 Å². The maximum absolute atomic E-state index is 10.9. The number of hydrogen-bond donors (Lipinski definition) is 1. The molecule has 0 amide bonds. The van der Waals surface area contributed by atoms with Gasteiger partial charge < -0.3 is 0 Å². The summed E-state index contributed by atoms with van der Waals surface area (Å²) in [6.07, 6.45) is 0.714. The van der Waals surface area contributed by atoms with Crippen molar-refractivity contribution in [2.45, 2.75) is 27.2 Å². The van der Waals surface area contributed by atoms with Crippen molar-refractivity contribution < 1.29 is 9.85 Å². The quantitative estimate of drug-likeness (QED) is 0.488. The first-order chi connectivity index (χ1) is 9.36. The van der Waals surface area contributed by atoms with Crippen LogP contribution in [0.1, 0.15) is 27.2 Å². The molecule has 0 aliphatic carbocycles. The van der Waals surface area contributed by atoms with Crippen LogP contribution in [0.25, 0.3) is 0 Å². The first-order valence-corrected chi connectivity index (χ1v) is 6.12. The minimum atomic E-state index is -0.675. The van der Waals surface area contributed by atoms with Gasteiger partial charge in [0.25, 0.3) is 5.69 Å². The average Bonchev–Trinajstić information content (AvgIpc) is 2.38. The molecule has 1 rings (SSSR count). The molecule has 0 aliphatic heterocycles. The molecule has 0 aliphatic rings. The van der Waals surface area contributed by atoms with Crippen LogP contribution in [0.4, 0.5) is 17.1 Å². The molecule has 0 unspecified atom stereocenters. The minimum Gasteiger partial charge on any atom is -0.272 e. The molecule has 108 valence electrons. The van der Waals surface area contributed by atoms with Crippen LogP contribution < -0.4 is 5.43 Å². The van der Waals surface area contributed by atoms with Crippen molar-refractivity contribution in [2.75, 3.05) is 5.43 Å². The molecule has 0 bridgehead atoms. The topological polar surface area (TPSA) is 111 Å². The van der Waals surface area contributed by atoms with Gasteiger partial charge >= 0.3 is 5.69 Å². The number of nitrogens with one attached hydrogen (secondary N) is 1. The summed E-state index contributed by atoms with van der Waals surface area (Å²) in [5.74, 6) is 0.213. The number of nitrogens with zero attached hydrogens (tertiary/aromatic N) is 3. The first-order valence-electron chi connectivity index (χ1n) is 6.12. The van der Waals surface area contributed by atoms with Crippen LogP contribution in [0, 0.1) is 26.1 Å². The molecule has 0 fully saturated rings. The fourth-order valence-electron chi connectivity index (χ4n) is 1.63. The first kappa shape index (κ1) is 15.5. The van der Waals surface area contributed by atoms with Gasteiger partial charge in [-0.1, -0.05) is 20.8 Å². The second-order valence-electron chi connectivity index (χ2n) is 4.44. The highest BCUT2D eigenvalue weighted by Crippen LogP contribution is 2.29. The molecule has 1 N–H and O–H groups in total. The van der Waals surface area contributed by atoms with Crippen LogP contribution in [-0.4, -0.2) is 15.6 Å². The summed E-state index contributed by atoms with van der Waals surface area (Å²) < 4.78 is 0. The van der Waals surface area contributed by atoms with Crippen LogP contribution in [0.2, 0.25) is 0 Å². The molecule has 8 nitrogen and oxygen atoms in total. The van der Waals surface area contributed by atoms with E-state index in [1.807, 2.05) is 20.8 Å². The van der Waals surface area contributed by atoms with Gasteiger partial charge in [-0.2, -0.15) is 5.10 Å². The lowest BCUT2D eigenvalue weighted by molar-refractivity contribution is -0.393. The fraction of sp³-hybridized carbons (Fsp3) is 0.417. The average molecular weight is 280 g/mol. The normalized spacial score (nSPS) is 11.5. The standard InChI is InChI=1S/C12H16N4O4/c1-4-10(8(2)3)13-14-11-6-5-9(15(17)18)7-12(11)16(19)20/h5-8,14H,4H2,1-3H3/b13-10+.